The van der Waals surface area contributed by atoms with Crippen LogP contribution >= 0.6 is 11.3 Å². The van der Waals surface area contributed by atoms with Crippen LogP contribution in [0.15, 0.2) is 48.5 Å². The molecule has 0 unspecified atom stereocenters. The Morgan fingerprint density at radius 3 is 2.62 bits per heavy atom. The number of nitrogens with zero attached hydrogens (tertiary/aromatic N) is 2. The van der Waals surface area contributed by atoms with Crippen LogP contribution < -0.4 is 4.74 Å². The number of rotatable bonds is 4. The number of hydrogen-bond acceptors (Lipinski definition) is 4. The van der Waals surface area contributed by atoms with Gasteiger partial charge in [0.1, 0.15) is 11.9 Å². The molecule has 26 heavy (non-hydrogen) atoms. The van der Waals surface area contributed by atoms with Gasteiger partial charge in [-0.3, -0.25) is 4.79 Å². The van der Waals surface area contributed by atoms with E-state index in [4.69, 9.17) is 4.74 Å². The van der Waals surface area contributed by atoms with Crippen LogP contribution in [0.3, 0.4) is 0 Å². The summed E-state index contributed by atoms with van der Waals surface area (Å²) in [5.41, 5.74) is 1.80. The highest BCUT2D eigenvalue weighted by Crippen LogP contribution is 2.29. The second-order valence-electron chi connectivity index (χ2n) is 6.45. The molecule has 0 radical (unpaired) electrons. The second kappa shape index (κ2) is 7.41. The van der Waals surface area contributed by atoms with E-state index in [1.165, 1.54) is 12.1 Å². The van der Waals surface area contributed by atoms with Gasteiger partial charge < -0.3 is 9.64 Å². The third-order valence-corrected chi connectivity index (χ3v) is 5.53. The molecule has 2 aromatic carbocycles. The first kappa shape index (κ1) is 17.0. The molecule has 4 rings (SSSR count). The van der Waals surface area contributed by atoms with Crippen LogP contribution in [0.25, 0.3) is 10.2 Å². The Labute approximate surface area is 155 Å². The zero-order valence-electron chi connectivity index (χ0n) is 14.2. The molecular weight excluding hydrogens is 351 g/mol. The van der Waals surface area contributed by atoms with Gasteiger partial charge in [-0.2, -0.15) is 0 Å². The van der Waals surface area contributed by atoms with Crippen molar-refractivity contribution in [3.8, 4) is 5.19 Å². The normalized spacial score (nSPS) is 15.3. The molecule has 0 saturated carbocycles. The van der Waals surface area contributed by atoms with E-state index >= 15 is 0 Å². The smallest absolute Gasteiger partial charge is 0.274 e. The molecule has 0 N–H and O–H groups in total. The van der Waals surface area contributed by atoms with Gasteiger partial charge in [-0.25, -0.2) is 9.37 Å². The van der Waals surface area contributed by atoms with Crippen LogP contribution in [-0.4, -0.2) is 35.0 Å². The van der Waals surface area contributed by atoms with Gasteiger partial charge in [0.25, 0.3) is 5.19 Å². The fourth-order valence-corrected chi connectivity index (χ4v) is 4.04. The van der Waals surface area contributed by atoms with Gasteiger partial charge in [-0.15, -0.1) is 0 Å². The first-order chi connectivity index (χ1) is 12.7. The maximum absolute atomic E-state index is 13.0. The largest absolute Gasteiger partial charge is 0.467 e. The highest BCUT2D eigenvalue weighted by Gasteiger charge is 2.24. The number of hydrogen-bond donors (Lipinski definition) is 0. The minimum Gasteiger partial charge on any atom is -0.467 e. The molecule has 3 aromatic rings. The van der Waals surface area contributed by atoms with Crippen LogP contribution in [-0.2, 0) is 11.2 Å². The van der Waals surface area contributed by atoms with Crippen LogP contribution in [0.5, 0.6) is 5.19 Å². The van der Waals surface area contributed by atoms with Gasteiger partial charge in [0, 0.05) is 25.9 Å². The molecule has 4 nitrogen and oxygen atoms in total. The Hall–Kier alpha value is -2.47. The summed E-state index contributed by atoms with van der Waals surface area (Å²) in [6.45, 7) is 1.35. The summed E-state index contributed by atoms with van der Waals surface area (Å²) in [6.07, 6.45) is 1.99. The van der Waals surface area contributed by atoms with Gasteiger partial charge in [0.05, 0.1) is 16.6 Å². The molecule has 1 saturated heterocycles. The number of ether oxygens (including phenoxy) is 1. The Morgan fingerprint density at radius 1 is 1.15 bits per heavy atom. The highest BCUT2D eigenvalue weighted by molar-refractivity contribution is 7.20. The summed E-state index contributed by atoms with van der Waals surface area (Å²) in [6, 6.07) is 14.1. The molecule has 1 aliphatic heterocycles. The highest BCUT2D eigenvalue weighted by atomic mass is 32.1. The summed E-state index contributed by atoms with van der Waals surface area (Å²) in [5.74, 6) is -0.205. The number of thiazole rings is 1. The van der Waals surface area contributed by atoms with E-state index < -0.39 is 0 Å². The third kappa shape index (κ3) is 3.85. The number of halogens is 1. The van der Waals surface area contributed by atoms with Crippen molar-refractivity contribution >= 4 is 27.5 Å². The van der Waals surface area contributed by atoms with Gasteiger partial charge in [0.15, 0.2) is 0 Å². The molecule has 6 heteroatoms. The molecule has 1 fully saturated rings. The molecule has 2 heterocycles. The summed E-state index contributed by atoms with van der Waals surface area (Å²) in [4.78, 5) is 18.8. The average Bonchev–Trinajstić information content (AvgIpc) is 3.06. The van der Waals surface area contributed by atoms with Crippen molar-refractivity contribution in [2.45, 2.75) is 25.4 Å². The van der Waals surface area contributed by atoms with Crippen molar-refractivity contribution in [2.75, 3.05) is 13.1 Å². The summed E-state index contributed by atoms with van der Waals surface area (Å²) in [5, 5.41) is 0.697. The minimum atomic E-state index is -0.283. The zero-order chi connectivity index (χ0) is 17.9. The van der Waals surface area contributed by atoms with Crippen LogP contribution in [0.4, 0.5) is 4.39 Å². The summed E-state index contributed by atoms with van der Waals surface area (Å²) in [7, 11) is 0. The summed E-state index contributed by atoms with van der Waals surface area (Å²) < 4.78 is 20.1. The molecule has 134 valence electrons. The number of benzene rings is 2. The van der Waals surface area contributed by atoms with Crippen LogP contribution in [0.1, 0.15) is 18.4 Å². The SMILES string of the molecule is O=C(Cc1ccc(F)cc1)N1CCC(Oc2nc3ccccc3s2)CC1. The van der Waals surface area contributed by atoms with Gasteiger partial charge >= 0.3 is 0 Å². The van der Waals surface area contributed by atoms with Crippen LogP contribution in [0, 0.1) is 5.82 Å². The Kier molecular flexibility index (Phi) is 4.84. The van der Waals surface area contributed by atoms with E-state index in [0.29, 0.717) is 24.7 Å². The van der Waals surface area contributed by atoms with Crippen LogP contribution in [0.2, 0.25) is 0 Å². The van der Waals surface area contributed by atoms with Gasteiger partial charge in [-0.05, 0) is 29.8 Å². The monoisotopic (exact) mass is 370 g/mol. The van der Waals surface area contributed by atoms with E-state index in [2.05, 4.69) is 4.98 Å². The lowest BCUT2D eigenvalue weighted by Gasteiger charge is -2.31. The molecule has 0 aliphatic carbocycles. The number of carbonyl (C=O) groups excluding carboxylic acids is 1. The lowest BCUT2D eigenvalue weighted by atomic mass is 10.1. The maximum Gasteiger partial charge on any atom is 0.274 e. The number of likely N-dealkylation sites (tertiary alicyclic amines) is 1. The van der Waals surface area contributed by atoms with E-state index in [1.807, 2.05) is 29.2 Å². The predicted octanol–water partition coefficient (Wildman–Crippen LogP) is 4.05. The topological polar surface area (TPSA) is 42.4 Å². The van der Waals surface area contributed by atoms with Gasteiger partial charge in [-0.1, -0.05) is 35.6 Å². The molecule has 0 spiro atoms. The molecule has 1 amide bonds. The number of fused-ring (bicyclic) bond motifs is 1. The average molecular weight is 370 g/mol. The Morgan fingerprint density at radius 2 is 1.88 bits per heavy atom. The third-order valence-electron chi connectivity index (χ3n) is 4.61. The minimum absolute atomic E-state index is 0.0787. The Bertz CT molecular complexity index is 869. The fourth-order valence-electron chi connectivity index (χ4n) is 3.16. The van der Waals surface area contributed by atoms with E-state index in [0.717, 1.165) is 28.6 Å². The van der Waals surface area contributed by atoms with Crippen molar-refractivity contribution < 1.29 is 13.9 Å². The number of para-hydroxylation sites is 1. The quantitative estimate of drug-likeness (QED) is 0.696. The predicted molar refractivity (Wildman–Crippen MR) is 100.0 cm³/mol. The molecule has 0 atom stereocenters. The van der Waals surface area contributed by atoms with Crippen molar-refractivity contribution in [1.82, 2.24) is 9.88 Å². The van der Waals surface area contributed by atoms with Crippen molar-refractivity contribution in [3.05, 3.63) is 59.9 Å². The molecule has 1 aromatic heterocycles. The molecule has 1 aliphatic rings. The fraction of sp³-hybridized carbons (Fsp3) is 0.300. The van der Waals surface area contributed by atoms with Crippen molar-refractivity contribution in [1.29, 1.82) is 0 Å². The number of piperidine rings is 1. The standard InChI is InChI=1S/C20H19FN2O2S/c21-15-7-5-14(6-8-15)13-19(24)23-11-9-16(10-12-23)25-20-22-17-3-1-2-4-18(17)26-20/h1-8,16H,9-13H2. The van der Waals surface area contributed by atoms with E-state index in [9.17, 15) is 9.18 Å². The Balaban J connectivity index is 1.30. The lowest BCUT2D eigenvalue weighted by molar-refractivity contribution is -0.132. The maximum atomic E-state index is 13.0. The first-order valence-corrected chi connectivity index (χ1v) is 9.53. The summed E-state index contributed by atoms with van der Waals surface area (Å²) >= 11 is 1.56. The van der Waals surface area contributed by atoms with Crippen molar-refractivity contribution in [3.63, 3.8) is 0 Å². The number of carbonyl (C=O) groups is 1. The number of aromatic nitrogens is 1. The van der Waals surface area contributed by atoms with Gasteiger partial charge in [0.2, 0.25) is 5.91 Å². The molecule has 0 bridgehead atoms. The second-order valence-corrected chi connectivity index (χ2v) is 7.44. The van der Waals surface area contributed by atoms with E-state index in [-0.39, 0.29) is 17.8 Å². The molecular formula is C20H19FN2O2S. The first-order valence-electron chi connectivity index (χ1n) is 8.72. The number of amides is 1. The van der Waals surface area contributed by atoms with E-state index in [1.54, 1.807) is 23.5 Å². The zero-order valence-corrected chi connectivity index (χ0v) is 15.0. The lowest BCUT2D eigenvalue weighted by Crippen LogP contribution is -2.42. The van der Waals surface area contributed by atoms with Crippen molar-refractivity contribution in [2.24, 2.45) is 0 Å².